The predicted octanol–water partition coefficient (Wildman–Crippen LogP) is -5.07. The number of amides is 4. The molecule has 0 aliphatic heterocycles. The Morgan fingerprint density at radius 1 is 0.829 bits per heavy atom. The molecule has 0 aromatic rings. The number of primary amides is 1. The van der Waals surface area contributed by atoms with E-state index in [-0.39, 0.29) is 38.2 Å². The highest BCUT2D eigenvalue weighted by atomic mass is 16.4. The van der Waals surface area contributed by atoms with Crippen LogP contribution >= 0.6 is 0 Å². The summed E-state index contributed by atoms with van der Waals surface area (Å²) in [6.07, 6.45) is -3.09. The third-order valence-electron chi connectivity index (χ3n) is 4.76. The molecule has 16 nitrogen and oxygen atoms in total. The first-order chi connectivity index (χ1) is 16.2. The lowest BCUT2D eigenvalue weighted by Gasteiger charge is -2.26. The average Bonchev–Trinajstić information content (AvgIpc) is 2.74. The van der Waals surface area contributed by atoms with Crippen LogP contribution in [0.5, 0.6) is 0 Å². The molecule has 0 aliphatic rings. The van der Waals surface area contributed by atoms with Gasteiger partial charge in [0.1, 0.15) is 18.1 Å². The maximum absolute atomic E-state index is 12.9. The molecule has 0 fully saturated rings. The summed E-state index contributed by atoms with van der Waals surface area (Å²) in [5.41, 5.74) is 21.2. The number of rotatable bonds is 16. The van der Waals surface area contributed by atoms with Crippen LogP contribution in [-0.4, -0.2) is 93.8 Å². The van der Waals surface area contributed by atoms with Crippen molar-refractivity contribution in [1.29, 1.82) is 0 Å². The van der Waals surface area contributed by atoms with Crippen LogP contribution in [-0.2, 0) is 24.0 Å². The van der Waals surface area contributed by atoms with Crippen LogP contribution in [0.25, 0.3) is 0 Å². The third-order valence-corrected chi connectivity index (χ3v) is 4.76. The van der Waals surface area contributed by atoms with Gasteiger partial charge in [0, 0.05) is 13.0 Å². The number of carboxylic acids is 1. The van der Waals surface area contributed by atoms with Crippen LogP contribution < -0.4 is 38.9 Å². The van der Waals surface area contributed by atoms with Crippen molar-refractivity contribution in [1.82, 2.24) is 16.0 Å². The summed E-state index contributed by atoms with van der Waals surface area (Å²) in [5, 5.41) is 35.1. The number of hydrogen-bond donors (Lipinski definition) is 10. The van der Waals surface area contributed by atoms with E-state index in [0.717, 1.165) is 6.92 Å². The largest absolute Gasteiger partial charge is 0.480 e. The molecular formula is C19H36N8O8. The Labute approximate surface area is 201 Å². The number of aliphatic carboxylic acids is 1. The summed E-state index contributed by atoms with van der Waals surface area (Å²) in [7, 11) is 0. The molecule has 0 spiro atoms. The van der Waals surface area contributed by atoms with Gasteiger partial charge in [-0.15, -0.1) is 0 Å². The van der Waals surface area contributed by atoms with Gasteiger partial charge in [-0.3, -0.25) is 24.2 Å². The van der Waals surface area contributed by atoms with Crippen LogP contribution in [0.15, 0.2) is 4.99 Å². The van der Waals surface area contributed by atoms with Gasteiger partial charge in [-0.25, -0.2) is 4.79 Å². The Morgan fingerprint density at radius 3 is 1.80 bits per heavy atom. The van der Waals surface area contributed by atoms with E-state index in [0.29, 0.717) is 0 Å². The van der Waals surface area contributed by atoms with Gasteiger partial charge in [-0.2, -0.15) is 0 Å². The Bertz CT molecular complexity index is 785. The lowest BCUT2D eigenvalue weighted by Crippen LogP contribution is -2.59. The number of nitrogens with one attached hydrogen (secondary N) is 3. The lowest BCUT2D eigenvalue weighted by atomic mass is 10.1. The van der Waals surface area contributed by atoms with Crippen molar-refractivity contribution >= 4 is 35.6 Å². The maximum Gasteiger partial charge on any atom is 0.328 e. The van der Waals surface area contributed by atoms with Crippen LogP contribution in [0.4, 0.5) is 0 Å². The van der Waals surface area contributed by atoms with Gasteiger partial charge < -0.3 is 54.2 Å². The summed E-state index contributed by atoms with van der Waals surface area (Å²) >= 11 is 0. The third kappa shape index (κ3) is 12.5. The predicted molar refractivity (Wildman–Crippen MR) is 123 cm³/mol. The fourth-order valence-electron chi connectivity index (χ4n) is 2.73. The molecule has 0 rings (SSSR count). The monoisotopic (exact) mass is 504 g/mol. The average molecular weight is 505 g/mol. The number of aliphatic imine (C=N–C) groups is 1. The van der Waals surface area contributed by atoms with E-state index in [1.54, 1.807) is 0 Å². The van der Waals surface area contributed by atoms with Crippen molar-refractivity contribution in [2.45, 2.75) is 75.9 Å². The zero-order valence-electron chi connectivity index (χ0n) is 19.6. The van der Waals surface area contributed by atoms with Gasteiger partial charge in [0.05, 0.1) is 12.2 Å². The topological polar surface area (TPSA) is 299 Å². The van der Waals surface area contributed by atoms with E-state index in [4.69, 9.17) is 22.9 Å². The second-order valence-corrected chi connectivity index (χ2v) is 7.91. The number of aliphatic hydroxyl groups is 2. The van der Waals surface area contributed by atoms with Crippen molar-refractivity contribution in [3.05, 3.63) is 0 Å². The SMILES string of the molecule is CC(O)C(N)C(=O)NC(CCCN=C(N)N)C(=O)NC(CCC(N)=O)C(=O)NC(C(=O)O)C(C)O. The number of nitrogens with two attached hydrogens (primary N) is 4. The smallest absolute Gasteiger partial charge is 0.328 e. The number of carbonyl (C=O) groups is 5. The minimum Gasteiger partial charge on any atom is -0.480 e. The van der Waals surface area contributed by atoms with Crippen LogP contribution in [0, 0.1) is 0 Å². The number of carboxylic acid groups (broad SMARTS) is 1. The zero-order valence-corrected chi connectivity index (χ0v) is 19.6. The van der Waals surface area contributed by atoms with E-state index in [1.807, 2.05) is 0 Å². The van der Waals surface area contributed by atoms with E-state index in [9.17, 15) is 39.3 Å². The molecule has 0 saturated carbocycles. The zero-order chi connectivity index (χ0) is 27.3. The van der Waals surface area contributed by atoms with Gasteiger partial charge in [-0.05, 0) is 33.1 Å². The highest BCUT2D eigenvalue weighted by Crippen LogP contribution is 2.05. The molecule has 6 unspecified atom stereocenters. The molecule has 14 N–H and O–H groups in total. The fraction of sp³-hybridized carbons (Fsp3) is 0.684. The Hall–Kier alpha value is -3.50. The van der Waals surface area contributed by atoms with Crippen LogP contribution in [0.1, 0.15) is 39.5 Å². The van der Waals surface area contributed by atoms with Crippen molar-refractivity contribution in [2.24, 2.45) is 27.9 Å². The van der Waals surface area contributed by atoms with E-state index < -0.39 is 66.0 Å². The Kier molecular flexibility index (Phi) is 13.9. The van der Waals surface area contributed by atoms with Crippen molar-refractivity contribution in [2.75, 3.05) is 6.54 Å². The van der Waals surface area contributed by atoms with Crippen molar-refractivity contribution in [3.8, 4) is 0 Å². The second kappa shape index (κ2) is 15.4. The van der Waals surface area contributed by atoms with Crippen LogP contribution in [0.2, 0.25) is 0 Å². The molecule has 200 valence electrons. The normalized spacial score (nSPS) is 15.9. The number of guanidine groups is 1. The van der Waals surface area contributed by atoms with E-state index >= 15 is 0 Å². The number of hydrogen-bond acceptors (Lipinski definition) is 9. The first-order valence-electron chi connectivity index (χ1n) is 10.8. The first-order valence-corrected chi connectivity index (χ1v) is 10.8. The molecular weight excluding hydrogens is 468 g/mol. The molecule has 35 heavy (non-hydrogen) atoms. The summed E-state index contributed by atoms with van der Waals surface area (Å²) in [6, 6.07) is -5.72. The van der Waals surface area contributed by atoms with Gasteiger partial charge in [0.15, 0.2) is 12.0 Å². The quantitative estimate of drug-likeness (QED) is 0.0538. The molecule has 16 heteroatoms. The van der Waals surface area contributed by atoms with Gasteiger partial charge >= 0.3 is 5.97 Å². The molecule has 0 aliphatic carbocycles. The molecule has 4 amide bonds. The standard InChI is InChI=1S/C19H36N8O8/c1-8(28)13(21)17(33)26-10(4-3-7-24-19(22)23)15(31)25-11(5-6-12(20)30)16(32)27-14(9(2)29)18(34)35/h8-11,13-14,28-29H,3-7,21H2,1-2H3,(H2,20,30)(H,25,31)(H,26,33)(H,27,32)(H,34,35)(H4,22,23,24). The second-order valence-electron chi connectivity index (χ2n) is 7.91. The van der Waals surface area contributed by atoms with E-state index in [1.165, 1.54) is 6.92 Å². The molecule has 0 heterocycles. The first kappa shape index (κ1) is 31.5. The molecule has 0 radical (unpaired) electrons. The lowest BCUT2D eigenvalue weighted by molar-refractivity contribution is -0.145. The number of carbonyl (C=O) groups excluding carboxylic acids is 4. The summed E-state index contributed by atoms with van der Waals surface area (Å²) in [6.45, 7) is 2.54. The van der Waals surface area contributed by atoms with Gasteiger partial charge in [0.2, 0.25) is 23.6 Å². The highest BCUT2D eigenvalue weighted by molar-refractivity contribution is 5.94. The summed E-state index contributed by atoms with van der Waals surface area (Å²) < 4.78 is 0. The molecule has 0 aromatic carbocycles. The Balaban J connectivity index is 5.67. The van der Waals surface area contributed by atoms with E-state index in [2.05, 4.69) is 20.9 Å². The summed E-state index contributed by atoms with van der Waals surface area (Å²) in [4.78, 5) is 64.2. The minimum absolute atomic E-state index is 0.00351. The van der Waals surface area contributed by atoms with Gasteiger partial charge in [-0.1, -0.05) is 0 Å². The van der Waals surface area contributed by atoms with Crippen LogP contribution in [0.3, 0.4) is 0 Å². The van der Waals surface area contributed by atoms with Crippen molar-refractivity contribution in [3.63, 3.8) is 0 Å². The van der Waals surface area contributed by atoms with Gasteiger partial charge in [0.25, 0.3) is 0 Å². The number of nitrogens with zero attached hydrogens (tertiary/aromatic N) is 1. The fourth-order valence-corrected chi connectivity index (χ4v) is 2.73. The Morgan fingerprint density at radius 2 is 1.34 bits per heavy atom. The summed E-state index contributed by atoms with van der Waals surface area (Å²) in [5.74, 6) is -5.20. The minimum atomic E-state index is -1.69. The maximum atomic E-state index is 12.9. The molecule has 6 atom stereocenters. The number of aliphatic hydroxyl groups excluding tert-OH is 2. The molecule has 0 saturated heterocycles. The molecule has 0 aromatic heterocycles. The molecule has 0 bridgehead atoms. The van der Waals surface area contributed by atoms with Crippen molar-refractivity contribution < 1.29 is 39.3 Å². The highest BCUT2D eigenvalue weighted by Gasteiger charge is 2.32.